The molecule has 1 nitrogen and oxygen atoms in total. The van der Waals surface area contributed by atoms with Gasteiger partial charge in [-0.1, -0.05) is 6.92 Å². The third kappa shape index (κ3) is 0.936. The molecule has 0 aromatic carbocycles. The van der Waals surface area contributed by atoms with E-state index in [1.54, 1.807) is 0 Å². The van der Waals surface area contributed by atoms with Crippen molar-refractivity contribution in [3.63, 3.8) is 0 Å². The van der Waals surface area contributed by atoms with E-state index < -0.39 is 0 Å². The van der Waals surface area contributed by atoms with Crippen molar-refractivity contribution >= 4 is 0 Å². The fourth-order valence-electron chi connectivity index (χ4n) is 3.13. The molecule has 64 valence electrons. The SMILES string of the molecule is CC1CC2(C)CCCN2C1C. The number of nitrogens with zero attached hydrogens (tertiary/aromatic N) is 1. The van der Waals surface area contributed by atoms with Crippen LogP contribution >= 0.6 is 0 Å². The maximum absolute atomic E-state index is 2.72. The molecular weight excluding hydrogens is 134 g/mol. The van der Waals surface area contributed by atoms with E-state index >= 15 is 0 Å². The Balaban J connectivity index is 2.21. The third-order valence-electron chi connectivity index (χ3n) is 3.88. The molecule has 2 heterocycles. The van der Waals surface area contributed by atoms with Gasteiger partial charge in [0.05, 0.1) is 0 Å². The molecule has 0 aliphatic carbocycles. The van der Waals surface area contributed by atoms with E-state index in [1.165, 1.54) is 25.8 Å². The van der Waals surface area contributed by atoms with Crippen molar-refractivity contribution in [3.8, 4) is 0 Å². The largest absolute Gasteiger partial charge is 0.295 e. The molecule has 11 heavy (non-hydrogen) atoms. The van der Waals surface area contributed by atoms with Crippen LogP contribution in [0.2, 0.25) is 0 Å². The lowest BCUT2D eigenvalue weighted by Gasteiger charge is -2.29. The molecular formula is C10H19N. The Hall–Kier alpha value is -0.0400. The van der Waals surface area contributed by atoms with Crippen LogP contribution in [0.25, 0.3) is 0 Å². The van der Waals surface area contributed by atoms with Crippen molar-refractivity contribution in [2.75, 3.05) is 6.54 Å². The summed E-state index contributed by atoms with van der Waals surface area (Å²) in [6.07, 6.45) is 4.28. The molecule has 3 unspecified atom stereocenters. The van der Waals surface area contributed by atoms with Crippen molar-refractivity contribution in [3.05, 3.63) is 0 Å². The summed E-state index contributed by atoms with van der Waals surface area (Å²) >= 11 is 0. The molecule has 3 atom stereocenters. The van der Waals surface area contributed by atoms with Crippen LogP contribution in [0.1, 0.15) is 40.0 Å². The van der Waals surface area contributed by atoms with E-state index in [0.29, 0.717) is 5.54 Å². The van der Waals surface area contributed by atoms with Gasteiger partial charge in [-0.25, -0.2) is 0 Å². The summed E-state index contributed by atoms with van der Waals surface area (Å²) in [7, 11) is 0. The summed E-state index contributed by atoms with van der Waals surface area (Å²) in [4.78, 5) is 2.72. The molecule has 0 N–H and O–H groups in total. The van der Waals surface area contributed by atoms with Gasteiger partial charge in [-0.15, -0.1) is 0 Å². The monoisotopic (exact) mass is 153 g/mol. The highest BCUT2D eigenvalue weighted by molar-refractivity contribution is 5.02. The molecule has 0 aromatic rings. The van der Waals surface area contributed by atoms with Gasteiger partial charge in [0, 0.05) is 11.6 Å². The summed E-state index contributed by atoms with van der Waals surface area (Å²) < 4.78 is 0. The molecule has 2 aliphatic rings. The Kier molecular flexibility index (Phi) is 1.54. The lowest BCUT2D eigenvalue weighted by atomic mass is 9.92. The van der Waals surface area contributed by atoms with E-state index in [2.05, 4.69) is 25.7 Å². The normalized spacial score (nSPS) is 51.5. The molecule has 0 amide bonds. The second kappa shape index (κ2) is 2.22. The zero-order valence-corrected chi connectivity index (χ0v) is 7.93. The van der Waals surface area contributed by atoms with Crippen LogP contribution in [0, 0.1) is 5.92 Å². The van der Waals surface area contributed by atoms with Crippen molar-refractivity contribution in [1.82, 2.24) is 4.90 Å². The summed E-state index contributed by atoms with van der Waals surface area (Å²) in [5.74, 6) is 0.917. The van der Waals surface area contributed by atoms with E-state index in [1.807, 2.05) is 0 Å². The zero-order valence-electron chi connectivity index (χ0n) is 7.93. The molecule has 0 aromatic heterocycles. The van der Waals surface area contributed by atoms with E-state index in [-0.39, 0.29) is 0 Å². The van der Waals surface area contributed by atoms with Crippen molar-refractivity contribution in [2.45, 2.75) is 51.6 Å². The van der Waals surface area contributed by atoms with Crippen LogP contribution in [0.15, 0.2) is 0 Å². The summed E-state index contributed by atoms with van der Waals surface area (Å²) in [5.41, 5.74) is 0.582. The second-order valence-electron chi connectivity index (χ2n) is 4.72. The molecule has 1 heteroatoms. The van der Waals surface area contributed by atoms with Gasteiger partial charge in [0.1, 0.15) is 0 Å². The van der Waals surface area contributed by atoms with E-state index in [0.717, 1.165) is 12.0 Å². The average molecular weight is 153 g/mol. The van der Waals surface area contributed by atoms with E-state index in [4.69, 9.17) is 0 Å². The fraction of sp³-hybridized carbons (Fsp3) is 1.00. The van der Waals surface area contributed by atoms with Crippen LogP contribution in [0.3, 0.4) is 0 Å². The highest BCUT2D eigenvalue weighted by Gasteiger charge is 2.47. The van der Waals surface area contributed by atoms with Crippen LogP contribution in [-0.2, 0) is 0 Å². The topological polar surface area (TPSA) is 3.24 Å². The molecule has 2 aliphatic heterocycles. The van der Waals surface area contributed by atoms with Gasteiger partial charge in [-0.05, 0) is 45.6 Å². The quantitative estimate of drug-likeness (QED) is 0.516. The van der Waals surface area contributed by atoms with Gasteiger partial charge in [0.25, 0.3) is 0 Å². The minimum atomic E-state index is 0.582. The lowest BCUT2D eigenvalue weighted by Crippen LogP contribution is -2.38. The number of hydrogen-bond donors (Lipinski definition) is 0. The van der Waals surface area contributed by atoms with Crippen LogP contribution < -0.4 is 0 Å². The van der Waals surface area contributed by atoms with Crippen LogP contribution in [-0.4, -0.2) is 23.0 Å². The van der Waals surface area contributed by atoms with Crippen molar-refractivity contribution in [2.24, 2.45) is 5.92 Å². The van der Waals surface area contributed by atoms with Crippen LogP contribution in [0.4, 0.5) is 0 Å². The fourth-order valence-corrected chi connectivity index (χ4v) is 3.13. The zero-order chi connectivity index (χ0) is 8.06. The molecule has 2 saturated heterocycles. The van der Waals surface area contributed by atoms with Crippen molar-refractivity contribution in [1.29, 1.82) is 0 Å². The van der Waals surface area contributed by atoms with E-state index in [9.17, 15) is 0 Å². The standard InChI is InChI=1S/C10H19N/c1-8-7-10(3)5-4-6-11(10)9(8)2/h8-9H,4-7H2,1-3H3. The molecule has 0 saturated carbocycles. The number of rotatable bonds is 0. The number of hydrogen-bond acceptors (Lipinski definition) is 1. The van der Waals surface area contributed by atoms with Gasteiger partial charge in [0.2, 0.25) is 0 Å². The first-order valence-electron chi connectivity index (χ1n) is 4.90. The second-order valence-corrected chi connectivity index (χ2v) is 4.72. The summed E-state index contributed by atoms with van der Waals surface area (Å²) in [6, 6.07) is 0.836. The Labute approximate surface area is 69.8 Å². The van der Waals surface area contributed by atoms with Gasteiger partial charge in [-0.3, -0.25) is 4.90 Å². The predicted molar refractivity (Wildman–Crippen MR) is 47.6 cm³/mol. The Morgan fingerprint density at radius 3 is 2.73 bits per heavy atom. The molecule has 0 spiro atoms. The number of fused-ring (bicyclic) bond motifs is 1. The van der Waals surface area contributed by atoms with Gasteiger partial charge >= 0.3 is 0 Å². The first-order valence-corrected chi connectivity index (χ1v) is 4.90. The first-order chi connectivity index (χ1) is 5.13. The van der Waals surface area contributed by atoms with Crippen LogP contribution in [0.5, 0.6) is 0 Å². The Bertz CT molecular complexity index is 166. The Morgan fingerprint density at radius 1 is 1.36 bits per heavy atom. The highest BCUT2D eigenvalue weighted by atomic mass is 15.3. The first kappa shape index (κ1) is 7.60. The third-order valence-corrected chi connectivity index (χ3v) is 3.88. The molecule has 2 rings (SSSR count). The predicted octanol–water partition coefficient (Wildman–Crippen LogP) is 2.27. The molecule has 2 fully saturated rings. The van der Waals surface area contributed by atoms with Gasteiger partial charge in [0.15, 0.2) is 0 Å². The Morgan fingerprint density at radius 2 is 2.09 bits per heavy atom. The molecule has 0 radical (unpaired) electrons. The summed E-state index contributed by atoms with van der Waals surface area (Å²) in [5, 5.41) is 0. The minimum absolute atomic E-state index is 0.582. The lowest BCUT2D eigenvalue weighted by molar-refractivity contribution is 0.172. The maximum atomic E-state index is 2.72. The highest BCUT2D eigenvalue weighted by Crippen LogP contribution is 2.44. The average Bonchev–Trinajstić information content (AvgIpc) is 2.36. The van der Waals surface area contributed by atoms with Gasteiger partial charge in [-0.2, -0.15) is 0 Å². The van der Waals surface area contributed by atoms with Gasteiger partial charge < -0.3 is 0 Å². The summed E-state index contributed by atoms with van der Waals surface area (Å²) in [6.45, 7) is 8.58. The maximum Gasteiger partial charge on any atom is 0.0187 e. The smallest absolute Gasteiger partial charge is 0.0187 e. The van der Waals surface area contributed by atoms with Crippen molar-refractivity contribution < 1.29 is 0 Å². The molecule has 0 bridgehead atoms. The minimum Gasteiger partial charge on any atom is -0.295 e.